The molecule has 274 valence electrons. The maximum Gasteiger partial charge on any atom is 0.0159 e. The van der Waals surface area contributed by atoms with Gasteiger partial charge in [-0.2, -0.15) is 0 Å². The van der Waals surface area contributed by atoms with Gasteiger partial charge in [-0.1, -0.05) is 191 Å². The summed E-state index contributed by atoms with van der Waals surface area (Å²) in [7, 11) is 0. The second-order valence-corrected chi connectivity index (χ2v) is 17.6. The van der Waals surface area contributed by atoms with Crippen molar-refractivity contribution in [1.82, 2.24) is 0 Å². The third-order valence-electron chi connectivity index (χ3n) is 13.9. The summed E-state index contributed by atoms with van der Waals surface area (Å²) in [6.45, 7) is 9.60. The molecule has 58 heavy (non-hydrogen) atoms. The Kier molecular flexibility index (Phi) is 6.84. The van der Waals surface area contributed by atoms with Crippen LogP contribution >= 0.6 is 0 Å². The van der Waals surface area contributed by atoms with Crippen LogP contribution in [-0.4, -0.2) is 0 Å². The lowest BCUT2D eigenvalue weighted by atomic mass is 9.79. The Hall–Kier alpha value is -6.76. The number of hydrogen-bond acceptors (Lipinski definition) is 0. The molecular formula is C58H42. The SMILES string of the molecule is CC1(C)c2ccccc2-c2cc3c(cc21)-c1ccc(-c2ccc(-c4c5ccccc5c(-c5cccc6ccccc56)c5ccccc45)c4ccccc24)cc1C3(C)C. The fourth-order valence-electron chi connectivity index (χ4n) is 11.0. The van der Waals surface area contributed by atoms with E-state index in [1.165, 1.54) is 121 Å². The number of benzene rings is 10. The minimum Gasteiger partial charge on any atom is -0.0619 e. The summed E-state index contributed by atoms with van der Waals surface area (Å²) >= 11 is 0. The van der Waals surface area contributed by atoms with Gasteiger partial charge in [0.15, 0.2) is 0 Å². The van der Waals surface area contributed by atoms with E-state index in [0.29, 0.717) is 0 Å². The maximum atomic E-state index is 2.52. The molecule has 0 aliphatic heterocycles. The number of hydrogen-bond donors (Lipinski definition) is 0. The Morgan fingerprint density at radius 1 is 0.259 bits per heavy atom. The van der Waals surface area contributed by atoms with Gasteiger partial charge in [0.25, 0.3) is 0 Å². The average molecular weight is 739 g/mol. The Balaban J connectivity index is 1.04. The van der Waals surface area contributed by atoms with Gasteiger partial charge >= 0.3 is 0 Å². The van der Waals surface area contributed by atoms with E-state index in [1.54, 1.807) is 0 Å². The van der Waals surface area contributed by atoms with Gasteiger partial charge in [-0.05, 0) is 139 Å². The zero-order valence-corrected chi connectivity index (χ0v) is 33.3. The molecule has 0 saturated carbocycles. The van der Waals surface area contributed by atoms with Crippen LogP contribution in [0.2, 0.25) is 0 Å². The maximum absolute atomic E-state index is 2.52. The van der Waals surface area contributed by atoms with Crippen molar-refractivity contribution >= 4 is 43.1 Å². The van der Waals surface area contributed by atoms with Crippen LogP contribution in [0.5, 0.6) is 0 Å². The lowest BCUT2D eigenvalue weighted by molar-refractivity contribution is 0.652. The van der Waals surface area contributed by atoms with Crippen molar-refractivity contribution in [2.24, 2.45) is 0 Å². The molecule has 0 saturated heterocycles. The van der Waals surface area contributed by atoms with Gasteiger partial charge in [0.05, 0.1) is 0 Å². The highest BCUT2D eigenvalue weighted by atomic mass is 14.4. The molecule has 0 amide bonds. The Morgan fingerprint density at radius 3 is 1.29 bits per heavy atom. The second-order valence-electron chi connectivity index (χ2n) is 17.6. The van der Waals surface area contributed by atoms with Crippen LogP contribution in [0.15, 0.2) is 182 Å². The van der Waals surface area contributed by atoms with E-state index in [4.69, 9.17) is 0 Å². The Bertz CT molecular complexity index is 3330. The highest BCUT2D eigenvalue weighted by molar-refractivity contribution is 6.25. The molecule has 0 heteroatoms. The largest absolute Gasteiger partial charge is 0.0619 e. The minimum atomic E-state index is -0.128. The first-order valence-corrected chi connectivity index (χ1v) is 20.7. The molecule has 0 aromatic heterocycles. The monoisotopic (exact) mass is 738 g/mol. The number of rotatable bonds is 3. The molecule has 12 rings (SSSR count). The standard InChI is InChI=1S/C58H42/c1-57(2)51-27-14-13-21-41(51)49-33-54-50(34-53(49)57)42-29-28-36(32-52(42)58(54,3)4)38-30-31-48(40-20-8-7-19-39(38)40)56-46-24-11-9-22-44(46)55(45-23-10-12-25-47(45)56)43-26-15-17-35-16-5-6-18-37(35)43/h5-34H,1-4H3. The van der Waals surface area contributed by atoms with Crippen LogP contribution < -0.4 is 0 Å². The molecular weight excluding hydrogens is 697 g/mol. The fourth-order valence-corrected chi connectivity index (χ4v) is 11.0. The summed E-state index contributed by atoms with van der Waals surface area (Å²) in [5.41, 5.74) is 18.7. The minimum absolute atomic E-state index is 0.0264. The molecule has 0 bridgehead atoms. The van der Waals surface area contributed by atoms with Gasteiger partial charge in [-0.3, -0.25) is 0 Å². The van der Waals surface area contributed by atoms with Gasteiger partial charge < -0.3 is 0 Å². The van der Waals surface area contributed by atoms with Crippen LogP contribution in [0, 0.1) is 0 Å². The third kappa shape index (κ3) is 4.46. The normalized spacial score (nSPS) is 14.5. The van der Waals surface area contributed by atoms with Crippen molar-refractivity contribution in [3.05, 3.63) is 204 Å². The van der Waals surface area contributed by atoms with Gasteiger partial charge in [0.2, 0.25) is 0 Å². The Labute approximate surface area is 340 Å². The lowest BCUT2D eigenvalue weighted by Crippen LogP contribution is -2.17. The molecule has 10 aromatic rings. The van der Waals surface area contributed by atoms with Gasteiger partial charge in [0.1, 0.15) is 0 Å². The summed E-state index contributed by atoms with van der Waals surface area (Å²) in [6, 6.07) is 68.6. The zero-order valence-electron chi connectivity index (χ0n) is 33.3. The molecule has 0 unspecified atom stereocenters. The molecule has 0 fully saturated rings. The summed E-state index contributed by atoms with van der Waals surface area (Å²) in [5, 5.41) is 10.2. The van der Waals surface area contributed by atoms with Crippen molar-refractivity contribution in [3.63, 3.8) is 0 Å². The third-order valence-corrected chi connectivity index (χ3v) is 13.9. The fraction of sp³-hybridized carbons (Fsp3) is 0.103. The van der Waals surface area contributed by atoms with Crippen molar-refractivity contribution in [2.75, 3.05) is 0 Å². The lowest BCUT2D eigenvalue weighted by Gasteiger charge is -2.24. The molecule has 2 aliphatic carbocycles. The van der Waals surface area contributed by atoms with Crippen molar-refractivity contribution < 1.29 is 0 Å². The molecule has 0 radical (unpaired) electrons. The van der Waals surface area contributed by atoms with E-state index in [9.17, 15) is 0 Å². The van der Waals surface area contributed by atoms with E-state index in [-0.39, 0.29) is 10.8 Å². The van der Waals surface area contributed by atoms with Crippen molar-refractivity contribution in [1.29, 1.82) is 0 Å². The Morgan fingerprint density at radius 2 is 0.655 bits per heavy atom. The molecule has 0 atom stereocenters. The first-order valence-electron chi connectivity index (χ1n) is 20.7. The zero-order chi connectivity index (χ0) is 38.9. The molecule has 2 aliphatic rings. The van der Waals surface area contributed by atoms with Gasteiger partial charge in [-0.25, -0.2) is 0 Å². The summed E-state index contributed by atoms with van der Waals surface area (Å²) in [6.07, 6.45) is 0. The smallest absolute Gasteiger partial charge is 0.0159 e. The van der Waals surface area contributed by atoms with Crippen LogP contribution in [0.1, 0.15) is 49.9 Å². The van der Waals surface area contributed by atoms with Crippen LogP contribution in [-0.2, 0) is 10.8 Å². The van der Waals surface area contributed by atoms with E-state index in [0.717, 1.165) is 0 Å². The summed E-state index contributed by atoms with van der Waals surface area (Å²) in [4.78, 5) is 0. The summed E-state index contributed by atoms with van der Waals surface area (Å²) in [5.74, 6) is 0. The molecule has 0 spiro atoms. The van der Waals surface area contributed by atoms with Crippen molar-refractivity contribution in [2.45, 2.75) is 38.5 Å². The quantitative estimate of drug-likeness (QED) is 0.158. The molecule has 10 aromatic carbocycles. The van der Waals surface area contributed by atoms with E-state index >= 15 is 0 Å². The van der Waals surface area contributed by atoms with E-state index in [1.807, 2.05) is 0 Å². The first kappa shape index (κ1) is 33.4. The summed E-state index contributed by atoms with van der Waals surface area (Å²) < 4.78 is 0. The predicted octanol–water partition coefficient (Wildman–Crippen LogP) is 15.9. The molecule has 0 heterocycles. The van der Waals surface area contributed by atoms with Crippen LogP contribution in [0.4, 0.5) is 0 Å². The van der Waals surface area contributed by atoms with E-state index in [2.05, 4.69) is 210 Å². The predicted molar refractivity (Wildman–Crippen MR) is 248 cm³/mol. The van der Waals surface area contributed by atoms with Crippen LogP contribution in [0.25, 0.3) is 98.7 Å². The topological polar surface area (TPSA) is 0 Å². The number of fused-ring (bicyclic) bond motifs is 10. The highest BCUT2D eigenvalue weighted by Crippen LogP contribution is 2.57. The second kappa shape index (κ2) is 11.9. The van der Waals surface area contributed by atoms with Gasteiger partial charge in [-0.15, -0.1) is 0 Å². The van der Waals surface area contributed by atoms with Crippen molar-refractivity contribution in [3.8, 4) is 55.6 Å². The molecule has 0 nitrogen and oxygen atoms in total. The average Bonchev–Trinajstić information content (AvgIpc) is 3.63. The highest BCUT2D eigenvalue weighted by Gasteiger charge is 2.41. The van der Waals surface area contributed by atoms with Gasteiger partial charge in [0, 0.05) is 10.8 Å². The molecule has 0 N–H and O–H groups in total. The first-order chi connectivity index (χ1) is 28.3. The van der Waals surface area contributed by atoms with E-state index < -0.39 is 0 Å². The van der Waals surface area contributed by atoms with Crippen LogP contribution in [0.3, 0.4) is 0 Å².